The average molecular weight is 642 g/mol. The van der Waals surface area contributed by atoms with Gasteiger partial charge in [0.25, 0.3) is 0 Å². The van der Waals surface area contributed by atoms with E-state index in [1.165, 1.54) is 6.07 Å². The highest BCUT2D eigenvalue weighted by atomic mass is 35.5. The number of hydrogen-bond acceptors (Lipinski definition) is 8. The van der Waals surface area contributed by atoms with E-state index in [4.69, 9.17) is 42.5 Å². The SMILES string of the molecule is C[C@@H](Oc1ccc2c(c1)c(-c1cnc(N3CC(C)(N4CCOCC4)C3)c(F)c1)nn2C1CCCCO1)c1c(Cl)cncc1Cl. The summed E-state index contributed by atoms with van der Waals surface area (Å²) in [7, 11) is 0. The smallest absolute Gasteiger partial charge is 0.166 e. The third-order valence-electron chi connectivity index (χ3n) is 8.95. The van der Waals surface area contributed by atoms with Crippen LogP contribution in [-0.4, -0.2) is 76.2 Å². The molecule has 2 atom stereocenters. The largest absolute Gasteiger partial charge is 0.486 e. The molecule has 3 aliphatic heterocycles. The Morgan fingerprint density at radius 2 is 1.82 bits per heavy atom. The molecule has 12 heteroatoms. The van der Waals surface area contributed by atoms with E-state index < -0.39 is 6.10 Å². The molecule has 44 heavy (non-hydrogen) atoms. The molecule has 0 spiro atoms. The van der Waals surface area contributed by atoms with Crippen molar-refractivity contribution in [2.24, 2.45) is 0 Å². The van der Waals surface area contributed by atoms with E-state index in [1.807, 2.05) is 34.7 Å². The molecule has 0 bridgehead atoms. The Labute approximate surface area is 265 Å². The van der Waals surface area contributed by atoms with Crippen molar-refractivity contribution < 1.29 is 18.6 Å². The molecule has 232 valence electrons. The van der Waals surface area contributed by atoms with Crippen LogP contribution in [0.2, 0.25) is 10.0 Å². The summed E-state index contributed by atoms with van der Waals surface area (Å²) in [5.41, 5.74) is 2.73. The zero-order valence-corrected chi connectivity index (χ0v) is 26.3. The summed E-state index contributed by atoms with van der Waals surface area (Å²) in [6, 6.07) is 7.31. The standard InChI is InChI=1S/C32H35Cl2FN6O3/c1-20(29-24(33)16-36-17-25(29)34)44-22-6-7-27-23(14-22)30(38-41(27)28-5-3-4-10-43-28)21-13-26(35)31(37-15-21)39-18-32(2,19-39)40-8-11-42-12-9-40/h6-7,13-17,20,28H,3-5,8-12,18-19H2,1-2H3/t20-,28?/m1/s1. The van der Waals surface area contributed by atoms with Gasteiger partial charge in [-0.25, -0.2) is 14.1 Å². The Kier molecular flexibility index (Phi) is 8.13. The average Bonchev–Trinajstić information content (AvgIpc) is 3.39. The molecule has 0 amide bonds. The maximum absolute atomic E-state index is 15.7. The van der Waals surface area contributed by atoms with E-state index in [2.05, 4.69) is 21.8 Å². The summed E-state index contributed by atoms with van der Waals surface area (Å²) in [6.45, 7) is 9.49. The number of fused-ring (bicyclic) bond motifs is 1. The Bertz CT molecular complexity index is 1650. The van der Waals surface area contributed by atoms with Gasteiger partial charge in [-0.3, -0.25) is 9.88 Å². The fourth-order valence-corrected chi connectivity index (χ4v) is 7.31. The second-order valence-corrected chi connectivity index (χ2v) is 12.9. The third-order valence-corrected chi connectivity index (χ3v) is 9.55. The minimum atomic E-state index is -0.436. The van der Waals surface area contributed by atoms with Crippen molar-refractivity contribution >= 4 is 39.9 Å². The van der Waals surface area contributed by atoms with E-state index >= 15 is 4.39 Å². The highest BCUT2D eigenvalue weighted by Crippen LogP contribution is 2.39. The van der Waals surface area contributed by atoms with Gasteiger partial charge in [0, 0.05) is 67.9 Å². The number of ether oxygens (including phenoxy) is 3. The van der Waals surface area contributed by atoms with Crippen molar-refractivity contribution in [3.63, 3.8) is 0 Å². The number of nitrogens with zero attached hydrogens (tertiary/aromatic N) is 6. The van der Waals surface area contributed by atoms with Crippen molar-refractivity contribution in [2.45, 2.75) is 51.0 Å². The maximum atomic E-state index is 15.7. The Hall–Kier alpha value is -3.02. The second-order valence-electron chi connectivity index (χ2n) is 12.1. The van der Waals surface area contributed by atoms with Gasteiger partial charge in [0.2, 0.25) is 0 Å². The molecule has 3 saturated heterocycles. The highest BCUT2D eigenvalue weighted by Gasteiger charge is 2.45. The quantitative estimate of drug-likeness (QED) is 0.221. The molecule has 3 aliphatic rings. The van der Waals surface area contributed by atoms with Crippen molar-refractivity contribution in [1.82, 2.24) is 24.6 Å². The van der Waals surface area contributed by atoms with Gasteiger partial charge < -0.3 is 19.1 Å². The van der Waals surface area contributed by atoms with Gasteiger partial charge in [0.05, 0.1) is 34.3 Å². The molecule has 0 radical (unpaired) electrons. The molecule has 1 unspecified atom stereocenters. The van der Waals surface area contributed by atoms with Crippen LogP contribution in [0.3, 0.4) is 0 Å². The normalized spacial score (nSPS) is 21.3. The number of hydrogen-bond donors (Lipinski definition) is 0. The summed E-state index contributed by atoms with van der Waals surface area (Å²) < 4.78 is 35.5. The van der Waals surface area contributed by atoms with Gasteiger partial charge in [0.15, 0.2) is 17.9 Å². The van der Waals surface area contributed by atoms with Crippen LogP contribution in [-0.2, 0) is 9.47 Å². The first-order valence-electron chi connectivity index (χ1n) is 15.1. The highest BCUT2D eigenvalue weighted by molar-refractivity contribution is 6.35. The van der Waals surface area contributed by atoms with E-state index in [9.17, 15) is 0 Å². The summed E-state index contributed by atoms with van der Waals surface area (Å²) in [5.74, 6) is 0.598. The summed E-state index contributed by atoms with van der Waals surface area (Å²) in [4.78, 5) is 13.1. The van der Waals surface area contributed by atoms with Crippen LogP contribution >= 0.6 is 23.2 Å². The van der Waals surface area contributed by atoms with Crippen molar-refractivity contribution in [3.05, 3.63) is 64.3 Å². The van der Waals surface area contributed by atoms with Crippen LogP contribution in [0.15, 0.2) is 42.9 Å². The predicted molar refractivity (Wildman–Crippen MR) is 168 cm³/mol. The minimum Gasteiger partial charge on any atom is -0.486 e. The van der Waals surface area contributed by atoms with Crippen molar-refractivity contribution in [2.75, 3.05) is 50.9 Å². The molecule has 0 N–H and O–H groups in total. The fraction of sp³-hybridized carbons (Fsp3) is 0.469. The first-order chi connectivity index (χ1) is 21.3. The summed E-state index contributed by atoms with van der Waals surface area (Å²) in [6.07, 6.45) is 7.11. The molecule has 0 saturated carbocycles. The molecular weight excluding hydrogens is 606 g/mol. The lowest BCUT2D eigenvalue weighted by Gasteiger charge is -2.55. The minimum absolute atomic E-state index is 0.0101. The number of rotatable bonds is 7. The first-order valence-corrected chi connectivity index (χ1v) is 15.9. The Morgan fingerprint density at radius 1 is 1.05 bits per heavy atom. The van der Waals surface area contributed by atoms with Gasteiger partial charge in [0.1, 0.15) is 17.5 Å². The molecule has 0 aliphatic carbocycles. The van der Waals surface area contributed by atoms with Crippen LogP contribution in [0.4, 0.5) is 10.2 Å². The number of benzene rings is 1. The lowest BCUT2D eigenvalue weighted by atomic mass is 9.89. The van der Waals surface area contributed by atoms with Gasteiger partial charge in [-0.15, -0.1) is 0 Å². The molecule has 7 rings (SSSR count). The molecule has 6 heterocycles. The van der Waals surface area contributed by atoms with Gasteiger partial charge in [-0.2, -0.15) is 5.10 Å². The summed E-state index contributed by atoms with van der Waals surface area (Å²) in [5, 5.41) is 6.65. The number of pyridine rings is 2. The van der Waals surface area contributed by atoms with Crippen molar-refractivity contribution in [1.29, 1.82) is 0 Å². The lowest BCUT2D eigenvalue weighted by Crippen LogP contribution is -2.70. The lowest BCUT2D eigenvalue weighted by molar-refractivity contribution is -0.0365. The van der Waals surface area contributed by atoms with E-state index in [-0.39, 0.29) is 17.6 Å². The molecule has 4 aromatic rings. The Balaban J connectivity index is 1.20. The summed E-state index contributed by atoms with van der Waals surface area (Å²) >= 11 is 12.8. The van der Waals surface area contributed by atoms with Gasteiger partial charge in [-0.1, -0.05) is 23.2 Å². The van der Waals surface area contributed by atoms with Crippen LogP contribution in [0.25, 0.3) is 22.2 Å². The van der Waals surface area contributed by atoms with E-state index in [1.54, 1.807) is 18.6 Å². The molecule has 3 aromatic heterocycles. The second kappa shape index (κ2) is 12.1. The van der Waals surface area contributed by atoms with E-state index in [0.29, 0.717) is 45.0 Å². The van der Waals surface area contributed by atoms with Crippen LogP contribution in [0, 0.1) is 5.82 Å². The van der Waals surface area contributed by atoms with Crippen LogP contribution in [0.1, 0.15) is 51.0 Å². The molecule has 1 aromatic carbocycles. The van der Waals surface area contributed by atoms with Crippen molar-refractivity contribution in [3.8, 4) is 17.0 Å². The third kappa shape index (κ3) is 5.51. The van der Waals surface area contributed by atoms with E-state index in [0.717, 1.165) is 69.6 Å². The van der Waals surface area contributed by atoms with Gasteiger partial charge in [-0.05, 0) is 57.4 Å². The predicted octanol–water partition coefficient (Wildman–Crippen LogP) is 6.69. The van der Waals surface area contributed by atoms with Gasteiger partial charge >= 0.3 is 0 Å². The molecular formula is C32H35Cl2FN6O3. The maximum Gasteiger partial charge on any atom is 0.166 e. The monoisotopic (exact) mass is 640 g/mol. The Morgan fingerprint density at radius 3 is 2.52 bits per heavy atom. The topological polar surface area (TPSA) is 77.8 Å². The number of morpholine rings is 1. The van der Waals surface area contributed by atoms with Crippen LogP contribution in [0.5, 0.6) is 5.75 Å². The molecule has 9 nitrogen and oxygen atoms in total. The zero-order chi connectivity index (χ0) is 30.4. The first kappa shape index (κ1) is 29.7. The molecule has 3 fully saturated rings. The van der Waals surface area contributed by atoms with Crippen LogP contribution < -0.4 is 9.64 Å². The number of anilines is 1. The zero-order valence-electron chi connectivity index (χ0n) is 24.8. The fourth-order valence-electron chi connectivity index (χ4n) is 6.64. The number of aromatic nitrogens is 4. The number of halogens is 3.